The summed E-state index contributed by atoms with van der Waals surface area (Å²) in [6.07, 6.45) is 4.53. The molecule has 1 unspecified atom stereocenters. The van der Waals surface area contributed by atoms with E-state index in [9.17, 15) is 4.39 Å². The van der Waals surface area contributed by atoms with Crippen molar-refractivity contribution in [3.05, 3.63) is 34.1 Å². The number of rotatable bonds is 8. The molecule has 1 nitrogen and oxygen atoms in total. The van der Waals surface area contributed by atoms with E-state index in [-0.39, 0.29) is 11.9 Å². The highest BCUT2D eigenvalue weighted by Crippen LogP contribution is 2.27. The highest BCUT2D eigenvalue weighted by atomic mass is 79.9. The third-order valence-corrected chi connectivity index (χ3v) is 4.35. The van der Waals surface area contributed by atoms with E-state index in [1.165, 1.54) is 12.8 Å². The van der Waals surface area contributed by atoms with Gasteiger partial charge in [0.1, 0.15) is 5.82 Å². The van der Waals surface area contributed by atoms with Crippen molar-refractivity contribution in [2.75, 3.05) is 6.54 Å². The summed E-state index contributed by atoms with van der Waals surface area (Å²) < 4.78 is 14.2. The van der Waals surface area contributed by atoms with Gasteiger partial charge in [-0.2, -0.15) is 0 Å². The van der Waals surface area contributed by atoms with Gasteiger partial charge in [0.05, 0.1) is 4.47 Å². The lowest BCUT2D eigenvalue weighted by atomic mass is 9.91. The van der Waals surface area contributed by atoms with E-state index in [1.54, 1.807) is 12.1 Å². The lowest BCUT2D eigenvalue weighted by molar-refractivity contribution is 0.370. The van der Waals surface area contributed by atoms with Gasteiger partial charge in [0, 0.05) is 6.04 Å². The minimum Gasteiger partial charge on any atom is -0.310 e. The standard InChI is InChI=1S/C16H25BrFN/c1-4-9-19-16(10-12(5-2)6-3)13-7-8-14(17)15(18)11-13/h7-8,11-12,16,19H,4-6,9-10H2,1-3H3. The fourth-order valence-electron chi connectivity index (χ4n) is 2.34. The predicted molar refractivity (Wildman–Crippen MR) is 83.8 cm³/mol. The third-order valence-electron chi connectivity index (χ3n) is 3.71. The fourth-order valence-corrected chi connectivity index (χ4v) is 2.59. The summed E-state index contributed by atoms with van der Waals surface area (Å²) in [6, 6.07) is 5.73. The predicted octanol–water partition coefficient (Wildman–Crippen LogP) is 5.46. The second-order valence-corrected chi connectivity index (χ2v) is 5.95. The Morgan fingerprint density at radius 2 is 1.89 bits per heavy atom. The molecule has 0 heterocycles. The summed E-state index contributed by atoms with van der Waals surface area (Å²) in [6.45, 7) is 7.59. The van der Waals surface area contributed by atoms with Crippen molar-refractivity contribution in [3.63, 3.8) is 0 Å². The molecular weight excluding hydrogens is 305 g/mol. The molecule has 1 aromatic carbocycles. The van der Waals surface area contributed by atoms with Gasteiger partial charge in [-0.15, -0.1) is 0 Å². The summed E-state index contributed by atoms with van der Waals surface area (Å²) in [5.74, 6) is 0.520. The molecule has 0 saturated carbocycles. The molecule has 1 aromatic rings. The number of nitrogens with one attached hydrogen (secondary N) is 1. The first-order valence-corrected chi connectivity index (χ1v) is 8.09. The molecule has 0 bridgehead atoms. The number of hydrogen-bond acceptors (Lipinski definition) is 1. The molecule has 0 radical (unpaired) electrons. The maximum absolute atomic E-state index is 13.7. The van der Waals surface area contributed by atoms with E-state index in [2.05, 4.69) is 42.0 Å². The van der Waals surface area contributed by atoms with Gasteiger partial charge < -0.3 is 5.32 Å². The van der Waals surface area contributed by atoms with Gasteiger partial charge in [0.2, 0.25) is 0 Å². The van der Waals surface area contributed by atoms with Crippen LogP contribution in [0.4, 0.5) is 4.39 Å². The van der Waals surface area contributed by atoms with Crippen LogP contribution in [0, 0.1) is 11.7 Å². The van der Waals surface area contributed by atoms with Crippen molar-refractivity contribution in [1.82, 2.24) is 5.32 Å². The third kappa shape index (κ3) is 5.23. The highest BCUT2D eigenvalue weighted by Gasteiger charge is 2.16. The van der Waals surface area contributed by atoms with Crippen molar-refractivity contribution >= 4 is 15.9 Å². The Balaban J connectivity index is 2.85. The summed E-state index contributed by atoms with van der Waals surface area (Å²) in [5, 5.41) is 3.55. The van der Waals surface area contributed by atoms with Crippen LogP contribution in [0.15, 0.2) is 22.7 Å². The van der Waals surface area contributed by atoms with Crippen LogP contribution >= 0.6 is 15.9 Å². The van der Waals surface area contributed by atoms with Crippen molar-refractivity contribution in [3.8, 4) is 0 Å². The van der Waals surface area contributed by atoms with Crippen LogP contribution in [0.3, 0.4) is 0 Å². The van der Waals surface area contributed by atoms with E-state index in [0.29, 0.717) is 10.4 Å². The average Bonchev–Trinajstić information content (AvgIpc) is 2.42. The minimum absolute atomic E-state index is 0.176. The number of hydrogen-bond donors (Lipinski definition) is 1. The van der Waals surface area contributed by atoms with Gasteiger partial charge in [0.25, 0.3) is 0 Å². The normalized spacial score (nSPS) is 12.9. The highest BCUT2D eigenvalue weighted by molar-refractivity contribution is 9.10. The van der Waals surface area contributed by atoms with Crippen LogP contribution < -0.4 is 5.32 Å². The van der Waals surface area contributed by atoms with E-state index in [4.69, 9.17) is 0 Å². The Morgan fingerprint density at radius 3 is 2.42 bits per heavy atom. The van der Waals surface area contributed by atoms with Crippen LogP contribution in [0.5, 0.6) is 0 Å². The summed E-state index contributed by atoms with van der Waals surface area (Å²) in [4.78, 5) is 0. The molecule has 19 heavy (non-hydrogen) atoms. The zero-order valence-electron chi connectivity index (χ0n) is 12.2. The van der Waals surface area contributed by atoms with Gasteiger partial charge in [-0.25, -0.2) is 4.39 Å². The zero-order valence-corrected chi connectivity index (χ0v) is 13.8. The average molecular weight is 330 g/mol. The first-order chi connectivity index (χ1) is 9.12. The molecule has 0 aliphatic carbocycles. The van der Waals surface area contributed by atoms with Crippen molar-refractivity contribution in [1.29, 1.82) is 0 Å². The fraction of sp³-hybridized carbons (Fsp3) is 0.625. The topological polar surface area (TPSA) is 12.0 Å². The second-order valence-electron chi connectivity index (χ2n) is 5.10. The molecule has 0 aliphatic rings. The van der Waals surface area contributed by atoms with Gasteiger partial charge >= 0.3 is 0 Å². The van der Waals surface area contributed by atoms with Gasteiger partial charge in [0.15, 0.2) is 0 Å². The molecular formula is C16H25BrFN. The molecule has 0 spiro atoms. The number of halogens is 2. The SMILES string of the molecule is CCCNC(CC(CC)CC)c1ccc(Br)c(F)c1. The first kappa shape index (κ1) is 16.6. The Bertz CT molecular complexity index is 377. The lowest BCUT2D eigenvalue weighted by Crippen LogP contribution is -2.24. The summed E-state index contributed by atoms with van der Waals surface area (Å²) >= 11 is 3.21. The van der Waals surface area contributed by atoms with Crippen LogP contribution in [-0.4, -0.2) is 6.54 Å². The Morgan fingerprint density at radius 1 is 1.21 bits per heavy atom. The summed E-state index contributed by atoms with van der Waals surface area (Å²) in [5.41, 5.74) is 1.06. The molecule has 3 heteroatoms. The van der Waals surface area contributed by atoms with E-state index in [0.717, 1.165) is 24.9 Å². The molecule has 1 atom stereocenters. The Labute approximate surface area is 125 Å². The minimum atomic E-state index is -0.176. The van der Waals surface area contributed by atoms with Crippen molar-refractivity contribution in [2.24, 2.45) is 5.92 Å². The van der Waals surface area contributed by atoms with Crippen LogP contribution in [0.25, 0.3) is 0 Å². The Hall–Kier alpha value is -0.410. The first-order valence-electron chi connectivity index (χ1n) is 7.30. The summed E-state index contributed by atoms with van der Waals surface area (Å²) in [7, 11) is 0. The second kappa shape index (κ2) is 8.70. The van der Waals surface area contributed by atoms with E-state index in [1.807, 2.05) is 6.07 Å². The Kier molecular flexibility index (Phi) is 7.62. The molecule has 0 amide bonds. The van der Waals surface area contributed by atoms with Crippen LogP contribution in [-0.2, 0) is 0 Å². The molecule has 0 aliphatic heterocycles. The largest absolute Gasteiger partial charge is 0.310 e. The molecule has 0 saturated heterocycles. The molecule has 108 valence electrons. The maximum Gasteiger partial charge on any atom is 0.137 e. The van der Waals surface area contributed by atoms with Crippen LogP contribution in [0.1, 0.15) is 58.1 Å². The smallest absolute Gasteiger partial charge is 0.137 e. The van der Waals surface area contributed by atoms with E-state index >= 15 is 0 Å². The maximum atomic E-state index is 13.7. The molecule has 0 aromatic heterocycles. The number of benzene rings is 1. The van der Waals surface area contributed by atoms with Gasteiger partial charge in [-0.1, -0.05) is 39.7 Å². The quantitative estimate of drug-likeness (QED) is 0.668. The lowest BCUT2D eigenvalue weighted by Gasteiger charge is -2.24. The molecule has 1 N–H and O–H groups in total. The van der Waals surface area contributed by atoms with E-state index < -0.39 is 0 Å². The van der Waals surface area contributed by atoms with Gasteiger partial charge in [-0.3, -0.25) is 0 Å². The van der Waals surface area contributed by atoms with Crippen LogP contribution in [0.2, 0.25) is 0 Å². The molecule has 1 rings (SSSR count). The van der Waals surface area contributed by atoms with Crippen molar-refractivity contribution < 1.29 is 4.39 Å². The van der Waals surface area contributed by atoms with Gasteiger partial charge in [-0.05, 0) is 58.9 Å². The molecule has 0 fully saturated rings. The monoisotopic (exact) mass is 329 g/mol. The van der Waals surface area contributed by atoms with Crippen molar-refractivity contribution in [2.45, 2.75) is 52.5 Å². The zero-order chi connectivity index (χ0) is 14.3.